The van der Waals surface area contributed by atoms with E-state index in [1.807, 2.05) is 23.3 Å². The molecular weight excluding hydrogens is 417 g/mol. The van der Waals surface area contributed by atoms with Crippen LogP contribution in [-0.2, 0) is 17.7 Å². The first-order valence-electron chi connectivity index (χ1n) is 11.1. The number of fused-ring (bicyclic) bond motifs is 1. The van der Waals surface area contributed by atoms with E-state index in [4.69, 9.17) is 4.74 Å². The summed E-state index contributed by atoms with van der Waals surface area (Å²) in [6, 6.07) is 4.31. The normalized spacial score (nSPS) is 20.3. The van der Waals surface area contributed by atoms with Crippen LogP contribution >= 0.6 is 0 Å². The van der Waals surface area contributed by atoms with Crippen molar-refractivity contribution < 1.29 is 17.9 Å². The molecule has 1 saturated heterocycles. The van der Waals surface area contributed by atoms with E-state index in [1.165, 1.54) is 22.1 Å². The van der Waals surface area contributed by atoms with Gasteiger partial charge in [0.25, 0.3) is 0 Å². The fourth-order valence-electron chi connectivity index (χ4n) is 5.14. The van der Waals surface area contributed by atoms with E-state index in [-0.39, 0.29) is 11.8 Å². The predicted molar refractivity (Wildman–Crippen MR) is 119 cm³/mol. The lowest BCUT2D eigenvalue weighted by Gasteiger charge is -2.39. The van der Waals surface area contributed by atoms with E-state index in [0.29, 0.717) is 26.2 Å². The van der Waals surface area contributed by atoms with Crippen LogP contribution in [0.15, 0.2) is 30.7 Å². The Morgan fingerprint density at radius 1 is 1.25 bits per heavy atom. The van der Waals surface area contributed by atoms with Crippen molar-refractivity contribution in [3.05, 3.63) is 53.0 Å². The summed E-state index contributed by atoms with van der Waals surface area (Å²) in [4.78, 5) is 4.88. The van der Waals surface area contributed by atoms with Crippen LogP contribution in [0.5, 0.6) is 0 Å². The van der Waals surface area contributed by atoms with Crippen molar-refractivity contribution in [1.29, 1.82) is 0 Å². The summed E-state index contributed by atoms with van der Waals surface area (Å²) < 4.78 is 46.3. The van der Waals surface area contributed by atoms with Crippen LogP contribution in [0.4, 0.5) is 13.2 Å². The lowest BCUT2D eigenvalue weighted by Crippen LogP contribution is -2.44. The average molecular weight is 449 g/mol. The van der Waals surface area contributed by atoms with Gasteiger partial charge in [0.05, 0.1) is 25.9 Å². The number of methoxy groups -OCH3 is 1. The number of benzene rings is 1. The fraction of sp³-hybridized carbons (Fsp3) is 0.542. The minimum Gasteiger partial charge on any atom is -0.383 e. The lowest BCUT2D eigenvalue weighted by molar-refractivity contribution is -0.149. The van der Waals surface area contributed by atoms with Gasteiger partial charge < -0.3 is 9.72 Å². The molecule has 1 aliphatic rings. The standard InChI is InChI=1S/C24H31F3N4O/c1-16-10-17(2)23-20(4-6-28-23)21(16)11-18-5-7-30(15-24(25,26)27)14-22(18)19-12-29-31(13-19)8-9-32-3/h4,6,10,12-13,18,22,28H,5,7-9,11,14-15H2,1-3H3. The number of rotatable bonds is 7. The highest BCUT2D eigenvalue weighted by atomic mass is 19.4. The number of ether oxygens (including phenoxy) is 1. The Morgan fingerprint density at radius 3 is 2.81 bits per heavy atom. The molecule has 1 aromatic carbocycles. The number of piperidine rings is 1. The minimum atomic E-state index is -4.19. The van der Waals surface area contributed by atoms with Crippen LogP contribution in [-0.4, -0.2) is 59.2 Å². The molecule has 4 rings (SSSR count). The van der Waals surface area contributed by atoms with E-state index in [2.05, 4.69) is 36.1 Å². The number of aromatic nitrogens is 3. The van der Waals surface area contributed by atoms with Gasteiger partial charge in [-0.1, -0.05) is 6.07 Å². The zero-order chi connectivity index (χ0) is 22.9. The smallest absolute Gasteiger partial charge is 0.383 e. The number of halogens is 3. The summed E-state index contributed by atoms with van der Waals surface area (Å²) in [5.74, 6) is 0.246. The quantitative estimate of drug-likeness (QED) is 0.563. The molecule has 2 aromatic heterocycles. The highest BCUT2D eigenvalue weighted by Gasteiger charge is 2.37. The number of hydrogen-bond donors (Lipinski definition) is 1. The summed E-state index contributed by atoms with van der Waals surface area (Å²) in [5, 5.41) is 5.65. The van der Waals surface area contributed by atoms with Gasteiger partial charge in [-0.25, -0.2) is 0 Å². The highest BCUT2D eigenvalue weighted by molar-refractivity contribution is 5.87. The van der Waals surface area contributed by atoms with Gasteiger partial charge >= 0.3 is 6.18 Å². The van der Waals surface area contributed by atoms with Gasteiger partial charge in [-0.2, -0.15) is 18.3 Å². The average Bonchev–Trinajstić information content (AvgIpc) is 3.39. The maximum absolute atomic E-state index is 13.1. The third kappa shape index (κ3) is 5.02. The Labute approximate surface area is 186 Å². The molecule has 0 spiro atoms. The van der Waals surface area contributed by atoms with Crippen LogP contribution in [0.1, 0.15) is 34.6 Å². The lowest BCUT2D eigenvalue weighted by atomic mass is 9.77. The molecular formula is C24H31F3N4O. The molecule has 1 aliphatic heterocycles. The van der Waals surface area contributed by atoms with Crippen LogP contribution in [0, 0.1) is 19.8 Å². The number of nitrogens with zero attached hydrogens (tertiary/aromatic N) is 3. The van der Waals surface area contributed by atoms with Crippen molar-refractivity contribution >= 4 is 10.9 Å². The zero-order valence-electron chi connectivity index (χ0n) is 18.9. The number of aromatic amines is 1. The minimum absolute atomic E-state index is 0.00269. The Kier molecular flexibility index (Phi) is 6.62. The maximum atomic E-state index is 13.1. The molecule has 0 radical (unpaired) electrons. The zero-order valence-corrected chi connectivity index (χ0v) is 18.9. The number of alkyl halides is 3. The first kappa shape index (κ1) is 22.9. The first-order chi connectivity index (χ1) is 15.2. The topological polar surface area (TPSA) is 46.1 Å². The molecule has 0 aliphatic carbocycles. The third-order valence-electron chi connectivity index (χ3n) is 6.69. The van der Waals surface area contributed by atoms with Crippen molar-refractivity contribution in [1.82, 2.24) is 19.7 Å². The fourth-order valence-corrected chi connectivity index (χ4v) is 5.14. The summed E-state index contributed by atoms with van der Waals surface area (Å²) in [6.07, 6.45) is 3.13. The third-order valence-corrected chi connectivity index (χ3v) is 6.69. The number of nitrogens with one attached hydrogen (secondary N) is 1. The van der Waals surface area contributed by atoms with Crippen molar-refractivity contribution in [2.45, 2.75) is 45.3 Å². The van der Waals surface area contributed by atoms with Gasteiger partial charge in [0.15, 0.2) is 0 Å². The second-order valence-electron chi connectivity index (χ2n) is 8.99. The summed E-state index contributed by atoms with van der Waals surface area (Å²) in [7, 11) is 1.64. The molecule has 2 unspecified atom stereocenters. The van der Waals surface area contributed by atoms with Crippen molar-refractivity contribution in [3.8, 4) is 0 Å². The van der Waals surface area contributed by atoms with E-state index >= 15 is 0 Å². The molecule has 1 N–H and O–H groups in total. The van der Waals surface area contributed by atoms with Gasteiger partial charge in [0, 0.05) is 42.9 Å². The van der Waals surface area contributed by atoms with Crippen molar-refractivity contribution in [3.63, 3.8) is 0 Å². The van der Waals surface area contributed by atoms with Gasteiger partial charge in [-0.05, 0) is 67.5 Å². The molecule has 0 bridgehead atoms. The molecule has 174 valence electrons. The van der Waals surface area contributed by atoms with Crippen LogP contribution in [0.25, 0.3) is 10.9 Å². The molecule has 0 amide bonds. The molecule has 3 aromatic rings. The van der Waals surface area contributed by atoms with Crippen LogP contribution in [0.2, 0.25) is 0 Å². The SMILES string of the molecule is COCCn1cc(C2CN(CC(F)(F)F)CCC2Cc2c(C)cc(C)c3[nH]ccc23)cn1. The van der Waals surface area contributed by atoms with E-state index in [0.717, 1.165) is 23.9 Å². The molecule has 8 heteroatoms. The Morgan fingerprint density at radius 2 is 2.06 bits per heavy atom. The largest absolute Gasteiger partial charge is 0.401 e. The van der Waals surface area contributed by atoms with Crippen molar-refractivity contribution in [2.75, 3.05) is 33.4 Å². The number of likely N-dealkylation sites (tertiary alicyclic amines) is 1. The Balaban J connectivity index is 1.62. The van der Waals surface area contributed by atoms with E-state index < -0.39 is 12.7 Å². The van der Waals surface area contributed by atoms with Crippen molar-refractivity contribution in [2.24, 2.45) is 5.92 Å². The number of H-pyrrole nitrogens is 1. The highest BCUT2D eigenvalue weighted by Crippen LogP contribution is 2.38. The molecule has 32 heavy (non-hydrogen) atoms. The van der Waals surface area contributed by atoms with Crippen LogP contribution < -0.4 is 0 Å². The monoisotopic (exact) mass is 448 g/mol. The molecule has 1 fully saturated rings. The second kappa shape index (κ2) is 9.27. The second-order valence-corrected chi connectivity index (χ2v) is 8.99. The van der Waals surface area contributed by atoms with Gasteiger partial charge in [-0.3, -0.25) is 9.58 Å². The van der Waals surface area contributed by atoms with E-state index in [1.54, 1.807) is 12.0 Å². The molecule has 2 atom stereocenters. The molecule has 0 saturated carbocycles. The first-order valence-corrected chi connectivity index (χ1v) is 11.1. The summed E-state index contributed by atoms with van der Waals surface area (Å²) >= 11 is 0. The summed E-state index contributed by atoms with van der Waals surface area (Å²) in [6.45, 7) is 5.39. The van der Waals surface area contributed by atoms with E-state index in [9.17, 15) is 13.2 Å². The molecule has 3 heterocycles. The summed E-state index contributed by atoms with van der Waals surface area (Å²) in [5.41, 5.74) is 5.89. The Bertz CT molecular complexity index is 1060. The maximum Gasteiger partial charge on any atom is 0.401 e. The molecule has 5 nitrogen and oxygen atoms in total. The van der Waals surface area contributed by atoms with Gasteiger partial charge in [0.1, 0.15) is 0 Å². The van der Waals surface area contributed by atoms with Gasteiger partial charge in [-0.15, -0.1) is 0 Å². The number of hydrogen-bond acceptors (Lipinski definition) is 3. The number of aryl methyl sites for hydroxylation is 2. The predicted octanol–water partition coefficient (Wildman–Crippen LogP) is 4.84. The Hall–Kier alpha value is -2.32. The van der Waals surface area contributed by atoms with Crippen LogP contribution in [0.3, 0.4) is 0 Å². The van der Waals surface area contributed by atoms with Gasteiger partial charge in [0.2, 0.25) is 0 Å².